The van der Waals surface area contributed by atoms with Crippen LogP contribution in [0, 0.1) is 5.92 Å². The second-order valence-electron chi connectivity index (χ2n) is 6.63. The first-order valence-electron chi connectivity index (χ1n) is 8.72. The molecular formula is C19H28N4O. The summed E-state index contributed by atoms with van der Waals surface area (Å²) in [4.78, 5) is 23.1. The summed E-state index contributed by atoms with van der Waals surface area (Å²) in [5.41, 5.74) is 7.48. The second-order valence-corrected chi connectivity index (χ2v) is 6.63. The third-order valence-electron chi connectivity index (χ3n) is 4.40. The molecule has 1 heterocycles. The SMILES string of the molecule is CC(C)N=C/C(=C\N)c1ccnc(N(C)C(=O)C2CCCCC2)c1. The van der Waals surface area contributed by atoms with Gasteiger partial charge in [0.25, 0.3) is 0 Å². The van der Waals surface area contributed by atoms with Crippen LogP contribution in [-0.2, 0) is 4.79 Å². The number of hydrogen-bond acceptors (Lipinski definition) is 4. The van der Waals surface area contributed by atoms with Crippen molar-refractivity contribution in [2.45, 2.75) is 52.0 Å². The molecule has 0 spiro atoms. The predicted octanol–water partition coefficient (Wildman–Crippen LogP) is 3.40. The number of aromatic nitrogens is 1. The summed E-state index contributed by atoms with van der Waals surface area (Å²) in [6.07, 6.45) is 10.5. The third-order valence-corrected chi connectivity index (χ3v) is 4.40. The van der Waals surface area contributed by atoms with Gasteiger partial charge in [-0.1, -0.05) is 19.3 Å². The maximum Gasteiger partial charge on any atom is 0.230 e. The van der Waals surface area contributed by atoms with E-state index in [0.29, 0.717) is 5.82 Å². The molecule has 1 aliphatic rings. The van der Waals surface area contributed by atoms with Crippen LogP contribution in [0.2, 0.25) is 0 Å². The number of carbonyl (C=O) groups is 1. The van der Waals surface area contributed by atoms with Gasteiger partial charge in [-0.15, -0.1) is 0 Å². The average molecular weight is 328 g/mol. The van der Waals surface area contributed by atoms with E-state index in [0.717, 1.165) is 36.8 Å². The first-order chi connectivity index (χ1) is 11.5. The van der Waals surface area contributed by atoms with E-state index in [1.54, 1.807) is 24.4 Å². The van der Waals surface area contributed by atoms with E-state index >= 15 is 0 Å². The van der Waals surface area contributed by atoms with Gasteiger partial charge in [-0.2, -0.15) is 0 Å². The van der Waals surface area contributed by atoms with Crippen LogP contribution in [0.1, 0.15) is 51.5 Å². The monoisotopic (exact) mass is 328 g/mol. The summed E-state index contributed by atoms with van der Waals surface area (Å²) in [6.45, 7) is 4.03. The Morgan fingerprint density at radius 1 is 1.38 bits per heavy atom. The molecule has 1 amide bonds. The van der Waals surface area contributed by atoms with Crippen LogP contribution < -0.4 is 10.6 Å². The van der Waals surface area contributed by atoms with Crippen molar-refractivity contribution in [3.63, 3.8) is 0 Å². The van der Waals surface area contributed by atoms with Crippen molar-refractivity contribution < 1.29 is 4.79 Å². The normalized spacial score (nSPS) is 16.8. The molecular weight excluding hydrogens is 300 g/mol. The number of rotatable bonds is 5. The van der Waals surface area contributed by atoms with Gasteiger partial charge in [0.15, 0.2) is 0 Å². The maximum atomic E-state index is 12.7. The highest BCUT2D eigenvalue weighted by Crippen LogP contribution is 2.27. The highest BCUT2D eigenvalue weighted by molar-refractivity contribution is 6.10. The van der Waals surface area contributed by atoms with E-state index in [1.165, 1.54) is 12.6 Å². The molecule has 0 saturated heterocycles. The summed E-state index contributed by atoms with van der Waals surface area (Å²) in [5, 5.41) is 0. The zero-order valence-corrected chi connectivity index (χ0v) is 14.9. The summed E-state index contributed by atoms with van der Waals surface area (Å²) < 4.78 is 0. The van der Waals surface area contributed by atoms with Gasteiger partial charge in [-0.3, -0.25) is 14.7 Å². The lowest BCUT2D eigenvalue weighted by Gasteiger charge is -2.26. The lowest BCUT2D eigenvalue weighted by molar-refractivity contribution is -0.123. The van der Waals surface area contributed by atoms with E-state index in [-0.39, 0.29) is 17.9 Å². The number of allylic oxidation sites excluding steroid dienone is 1. The number of nitrogens with two attached hydrogens (primary N) is 1. The molecule has 1 aliphatic carbocycles. The average Bonchev–Trinajstić information content (AvgIpc) is 2.62. The van der Waals surface area contributed by atoms with E-state index in [4.69, 9.17) is 5.73 Å². The van der Waals surface area contributed by atoms with Crippen LogP contribution in [0.4, 0.5) is 5.82 Å². The van der Waals surface area contributed by atoms with Gasteiger partial charge >= 0.3 is 0 Å². The molecule has 1 fully saturated rings. The fraction of sp³-hybridized carbons (Fsp3) is 0.526. The van der Waals surface area contributed by atoms with Gasteiger partial charge in [0.2, 0.25) is 5.91 Å². The van der Waals surface area contributed by atoms with Gasteiger partial charge in [-0.25, -0.2) is 4.98 Å². The summed E-state index contributed by atoms with van der Waals surface area (Å²) in [6, 6.07) is 3.98. The van der Waals surface area contributed by atoms with Crippen LogP contribution in [0.3, 0.4) is 0 Å². The molecule has 0 bridgehead atoms. The second kappa shape index (κ2) is 8.62. The number of nitrogens with zero attached hydrogens (tertiary/aromatic N) is 3. The van der Waals surface area contributed by atoms with Crippen LogP contribution in [0.25, 0.3) is 5.57 Å². The Bertz CT molecular complexity index is 616. The van der Waals surface area contributed by atoms with E-state index in [9.17, 15) is 4.79 Å². The smallest absolute Gasteiger partial charge is 0.230 e. The molecule has 1 aromatic heterocycles. The summed E-state index contributed by atoms with van der Waals surface area (Å²) >= 11 is 0. The molecule has 130 valence electrons. The van der Waals surface area contributed by atoms with Crippen LogP contribution in [0.15, 0.2) is 29.5 Å². The molecule has 0 aliphatic heterocycles. The third kappa shape index (κ3) is 4.66. The van der Waals surface area contributed by atoms with Gasteiger partial charge in [0.05, 0.1) is 0 Å². The summed E-state index contributed by atoms with van der Waals surface area (Å²) in [7, 11) is 1.80. The van der Waals surface area contributed by atoms with Crippen molar-refractivity contribution >= 4 is 23.5 Å². The minimum Gasteiger partial charge on any atom is -0.404 e. The molecule has 0 atom stereocenters. The van der Waals surface area contributed by atoms with Crippen LogP contribution >= 0.6 is 0 Å². The molecule has 0 radical (unpaired) electrons. The van der Waals surface area contributed by atoms with Gasteiger partial charge in [0, 0.05) is 43.2 Å². The molecule has 5 nitrogen and oxygen atoms in total. The minimum atomic E-state index is 0.126. The van der Waals surface area contributed by atoms with Crippen molar-refractivity contribution in [1.82, 2.24) is 4.98 Å². The van der Waals surface area contributed by atoms with E-state index in [1.807, 2.05) is 26.0 Å². The predicted molar refractivity (Wildman–Crippen MR) is 100 cm³/mol. The first-order valence-corrected chi connectivity index (χ1v) is 8.72. The first kappa shape index (κ1) is 18.2. The lowest BCUT2D eigenvalue weighted by Crippen LogP contribution is -2.34. The zero-order chi connectivity index (χ0) is 17.5. The zero-order valence-electron chi connectivity index (χ0n) is 14.9. The standard InChI is InChI=1S/C19H28N4O/c1-14(2)22-13-17(12-20)16-9-10-21-18(11-16)23(3)19(24)15-7-5-4-6-8-15/h9-15H,4-8,20H2,1-3H3/b17-12+,22-13?. The Morgan fingerprint density at radius 2 is 2.08 bits per heavy atom. The van der Waals surface area contributed by atoms with Crippen molar-refractivity contribution in [2.75, 3.05) is 11.9 Å². The van der Waals surface area contributed by atoms with Crippen molar-refractivity contribution in [3.8, 4) is 0 Å². The highest BCUT2D eigenvalue weighted by Gasteiger charge is 2.25. The fourth-order valence-electron chi connectivity index (χ4n) is 2.96. The highest BCUT2D eigenvalue weighted by atomic mass is 16.2. The van der Waals surface area contributed by atoms with Gasteiger partial charge in [-0.05, 0) is 44.4 Å². The molecule has 0 aromatic carbocycles. The lowest BCUT2D eigenvalue weighted by atomic mass is 9.88. The molecule has 24 heavy (non-hydrogen) atoms. The van der Waals surface area contributed by atoms with Gasteiger partial charge in [0.1, 0.15) is 5.82 Å². The van der Waals surface area contributed by atoms with Crippen molar-refractivity contribution in [3.05, 3.63) is 30.1 Å². The topological polar surface area (TPSA) is 71.6 Å². The van der Waals surface area contributed by atoms with Crippen molar-refractivity contribution in [1.29, 1.82) is 0 Å². The fourth-order valence-corrected chi connectivity index (χ4v) is 2.96. The number of amides is 1. The number of aliphatic imine (C=N–C) groups is 1. The number of carbonyl (C=O) groups excluding carboxylic acids is 1. The number of pyridine rings is 1. The Morgan fingerprint density at radius 3 is 2.71 bits per heavy atom. The molecule has 5 heteroatoms. The van der Waals surface area contributed by atoms with Crippen LogP contribution in [-0.4, -0.2) is 30.2 Å². The minimum absolute atomic E-state index is 0.126. The molecule has 2 N–H and O–H groups in total. The molecule has 2 rings (SSSR count). The number of hydrogen-bond donors (Lipinski definition) is 1. The van der Waals surface area contributed by atoms with Crippen molar-refractivity contribution in [2.24, 2.45) is 16.6 Å². The van der Waals surface area contributed by atoms with Gasteiger partial charge < -0.3 is 5.73 Å². The number of anilines is 1. The van der Waals surface area contributed by atoms with E-state index < -0.39 is 0 Å². The molecule has 0 unspecified atom stereocenters. The maximum absolute atomic E-state index is 12.7. The Labute approximate surface area is 144 Å². The Kier molecular flexibility index (Phi) is 6.53. The summed E-state index contributed by atoms with van der Waals surface area (Å²) in [5.74, 6) is 0.940. The molecule has 1 aromatic rings. The Hall–Kier alpha value is -2.17. The molecule has 1 saturated carbocycles. The Balaban J connectivity index is 2.18. The largest absolute Gasteiger partial charge is 0.404 e. The van der Waals surface area contributed by atoms with E-state index in [2.05, 4.69) is 9.98 Å². The quantitative estimate of drug-likeness (QED) is 0.842. The van der Waals surface area contributed by atoms with Crippen LogP contribution in [0.5, 0.6) is 0 Å².